The number of carbonyl (C=O) groups excluding carboxylic acids is 5. The van der Waals surface area contributed by atoms with Crippen LogP contribution in [0.1, 0.15) is 42.6 Å². The molecule has 5 amide bonds. The summed E-state index contributed by atoms with van der Waals surface area (Å²) in [7, 11) is 0. The van der Waals surface area contributed by atoms with E-state index in [9.17, 15) is 24.0 Å². The number of carbonyl (C=O) groups is 5. The van der Waals surface area contributed by atoms with Crippen LogP contribution in [-0.2, 0) is 25.6 Å². The monoisotopic (exact) mass is 677 g/mol. The van der Waals surface area contributed by atoms with Crippen LogP contribution in [-0.4, -0.2) is 73.5 Å². The van der Waals surface area contributed by atoms with Crippen LogP contribution in [0.3, 0.4) is 0 Å². The average Bonchev–Trinajstić information content (AvgIpc) is 3.06. The average molecular weight is 678 g/mol. The maximum absolute atomic E-state index is 13.4. The first-order chi connectivity index (χ1) is 23.0. The molecular formula is C35H40ClN5O7. The van der Waals surface area contributed by atoms with Crippen LogP contribution in [0.5, 0.6) is 11.5 Å². The zero-order valence-electron chi connectivity index (χ0n) is 26.8. The normalized spacial score (nSPS) is 19.1. The van der Waals surface area contributed by atoms with Crippen molar-refractivity contribution in [2.24, 2.45) is 0 Å². The SMILES string of the molecule is CC1(C)NC(=O)C[C@@H](C(=O)NCCOc2ccc(Cl)cc2)NC(=O)c2ccccc2OCCCNC(=O)[C@H](Cc2ccccc2)NC1=O. The molecule has 4 rings (SSSR count). The maximum Gasteiger partial charge on any atom is 0.255 e. The molecule has 0 fully saturated rings. The summed E-state index contributed by atoms with van der Waals surface area (Å²) in [6.07, 6.45) is 0.157. The van der Waals surface area contributed by atoms with Crippen molar-refractivity contribution in [3.8, 4) is 11.5 Å². The lowest BCUT2D eigenvalue weighted by molar-refractivity contribution is -0.135. The van der Waals surface area contributed by atoms with Gasteiger partial charge in [-0.25, -0.2) is 0 Å². The molecule has 0 unspecified atom stereocenters. The molecule has 0 radical (unpaired) electrons. The highest BCUT2D eigenvalue weighted by Crippen LogP contribution is 2.19. The van der Waals surface area contributed by atoms with Gasteiger partial charge in [0.1, 0.15) is 35.7 Å². The topological polar surface area (TPSA) is 164 Å². The predicted molar refractivity (Wildman–Crippen MR) is 180 cm³/mol. The summed E-state index contributed by atoms with van der Waals surface area (Å²) in [6, 6.07) is 20.3. The number of benzene rings is 3. The Morgan fingerprint density at radius 1 is 0.958 bits per heavy atom. The number of rotatable bonds is 7. The zero-order chi connectivity index (χ0) is 34.5. The molecule has 0 saturated carbocycles. The number of amides is 5. The van der Waals surface area contributed by atoms with Gasteiger partial charge in [0, 0.05) is 18.0 Å². The highest BCUT2D eigenvalue weighted by molar-refractivity contribution is 6.30. The molecule has 0 aromatic heterocycles. The first-order valence-corrected chi connectivity index (χ1v) is 16.0. The lowest BCUT2D eigenvalue weighted by Gasteiger charge is -2.29. The summed E-state index contributed by atoms with van der Waals surface area (Å²) in [5.41, 5.74) is -0.477. The van der Waals surface area contributed by atoms with Gasteiger partial charge in [-0.05, 0) is 62.2 Å². The van der Waals surface area contributed by atoms with Crippen molar-refractivity contribution < 1.29 is 33.4 Å². The Morgan fingerprint density at radius 2 is 1.67 bits per heavy atom. The number of nitrogens with one attached hydrogen (secondary N) is 5. The highest BCUT2D eigenvalue weighted by atomic mass is 35.5. The first-order valence-electron chi connectivity index (χ1n) is 15.6. The van der Waals surface area contributed by atoms with Crippen LogP contribution in [0, 0.1) is 0 Å². The van der Waals surface area contributed by atoms with Crippen molar-refractivity contribution in [2.45, 2.75) is 50.7 Å². The number of para-hydroxylation sites is 1. The number of ether oxygens (including phenoxy) is 2. The highest BCUT2D eigenvalue weighted by Gasteiger charge is 2.35. The van der Waals surface area contributed by atoms with Gasteiger partial charge in [0.05, 0.1) is 25.1 Å². The van der Waals surface area contributed by atoms with E-state index in [-0.39, 0.29) is 44.0 Å². The quantitative estimate of drug-likeness (QED) is 0.240. The molecule has 0 aliphatic carbocycles. The summed E-state index contributed by atoms with van der Waals surface area (Å²) >= 11 is 5.91. The van der Waals surface area contributed by atoms with Gasteiger partial charge in [0.2, 0.25) is 23.6 Å². The van der Waals surface area contributed by atoms with E-state index in [0.717, 1.165) is 5.56 Å². The zero-order valence-corrected chi connectivity index (χ0v) is 27.6. The van der Waals surface area contributed by atoms with E-state index in [1.807, 2.05) is 30.3 Å². The fourth-order valence-electron chi connectivity index (χ4n) is 4.85. The molecule has 2 atom stereocenters. The Balaban J connectivity index is 1.52. The van der Waals surface area contributed by atoms with Crippen molar-refractivity contribution in [3.63, 3.8) is 0 Å². The van der Waals surface area contributed by atoms with Gasteiger partial charge in [0.25, 0.3) is 5.91 Å². The molecular weight excluding hydrogens is 638 g/mol. The molecule has 1 aliphatic heterocycles. The molecule has 3 aromatic carbocycles. The summed E-state index contributed by atoms with van der Waals surface area (Å²) in [5, 5.41) is 14.1. The minimum Gasteiger partial charge on any atom is -0.493 e. The Bertz CT molecular complexity index is 1580. The van der Waals surface area contributed by atoms with Gasteiger partial charge in [-0.15, -0.1) is 0 Å². The largest absolute Gasteiger partial charge is 0.493 e. The fraction of sp³-hybridized carbons (Fsp3) is 0.343. The van der Waals surface area contributed by atoms with Crippen LogP contribution < -0.4 is 36.1 Å². The first kappa shape index (κ1) is 35.7. The molecule has 48 heavy (non-hydrogen) atoms. The number of halogens is 1. The van der Waals surface area contributed by atoms with Crippen molar-refractivity contribution in [3.05, 3.63) is 95.0 Å². The second-order valence-electron chi connectivity index (χ2n) is 11.7. The minimum absolute atomic E-state index is 0.0773. The van der Waals surface area contributed by atoms with E-state index < -0.39 is 53.6 Å². The lowest BCUT2D eigenvalue weighted by atomic mass is 10.00. The summed E-state index contributed by atoms with van der Waals surface area (Å²) in [6.45, 7) is 3.60. The minimum atomic E-state index is -1.48. The summed E-state index contributed by atoms with van der Waals surface area (Å²) in [5.74, 6) is -2.11. The van der Waals surface area contributed by atoms with Crippen molar-refractivity contribution in [2.75, 3.05) is 26.3 Å². The Labute approximate surface area is 284 Å². The molecule has 1 aliphatic rings. The summed E-state index contributed by atoms with van der Waals surface area (Å²) in [4.78, 5) is 66.7. The van der Waals surface area contributed by atoms with Gasteiger partial charge in [-0.1, -0.05) is 54.1 Å². The van der Waals surface area contributed by atoms with E-state index in [1.54, 1.807) is 48.5 Å². The molecule has 3 aromatic rings. The van der Waals surface area contributed by atoms with E-state index in [4.69, 9.17) is 21.1 Å². The molecule has 0 spiro atoms. The van der Waals surface area contributed by atoms with E-state index in [0.29, 0.717) is 17.2 Å². The number of hydrogen-bond acceptors (Lipinski definition) is 7. The molecule has 254 valence electrons. The third-order valence-electron chi connectivity index (χ3n) is 7.43. The van der Waals surface area contributed by atoms with E-state index >= 15 is 0 Å². The smallest absolute Gasteiger partial charge is 0.255 e. The van der Waals surface area contributed by atoms with Crippen LogP contribution in [0.2, 0.25) is 5.02 Å². The summed E-state index contributed by atoms with van der Waals surface area (Å²) < 4.78 is 11.5. The van der Waals surface area contributed by atoms with Crippen LogP contribution in [0.25, 0.3) is 0 Å². The molecule has 0 saturated heterocycles. The molecule has 13 heteroatoms. The Kier molecular flexibility index (Phi) is 12.8. The van der Waals surface area contributed by atoms with Gasteiger partial charge < -0.3 is 36.1 Å². The third kappa shape index (κ3) is 10.7. The molecule has 12 nitrogen and oxygen atoms in total. The molecule has 1 heterocycles. The maximum atomic E-state index is 13.4. The predicted octanol–water partition coefficient (Wildman–Crippen LogP) is 2.54. The van der Waals surface area contributed by atoms with Crippen molar-refractivity contribution in [1.29, 1.82) is 0 Å². The second-order valence-corrected chi connectivity index (χ2v) is 12.1. The number of fused-ring (bicyclic) bond motifs is 1. The molecule has 0 bridgehead atoms. The standard InChI is InChI=1S/C35H40ClN5O7/c1-35(2)34(46)40-27(21-23-9-4-3-5-10-23)32(44)37-17-8-19-48-29-12-7-6-11-26(29)31(43)39-28(22-30(42)41-35)33(45)38-18-20-47-25-15-13-24(36)14-16-25/h3-7,9-16,27-28H,8,17-22H2,1-2H3,(H,37,44)(H,38,45)(H,39,43)(H,40,46)(H,41,42)/t27-,28-/m0/s1. The van der Waals surface area contributed by atoms with E-state index in [1.165, 1.54) is 13.8 Å². The van der Waals surface area contributed by atoms with Crippen LogP contribution in [0.15, 0.2) is 78.9 Å². The Hall–Kier alpha value is -5.10. The van der Waals surface area contributed by atoms with Crippen LogP contribution >= 0.6 is 11.6 Å². The van der Waals surface area contributed by atoms with Crippen molar-refractivity contribution in [1.82, 2.24) is 26.6 Å². The lowest BCUT2D eigenvalue weighted by Crippen LogP contribution is -2.60. The fourth-order valence-corrected chi connectivity index (χ4v) is 4.98. The van der Waals surface area contributed by atoms with Crippen molar-refractivity contribution >= 4 is 41.1 Å². The molecule has 5 N–H and O–H groups in total. The van der Waals surface area contributed by atoms with Gasteiger partial charge in [0.15, 0.2) is 0 Å². The van der Waals surface area contributed by atoms with Gasteiger partial charge in [-0.2, -0.15) is 0 Å². The van der Waals surface area contributed by atoms with E-state index in [2.05, 4.69) is 26.6 Å². The van der Waals surface area contributed by atoms with Crippen LogP contribution in [0.4, 0.5) is 0 Å². The van der Waals surface area contributed by atoms with Gasteiger partial charge in [-0.3, -0.25) is 24.0 Å². The number of hydrogen-bond donors (Lipinski definition) is 5. The second kappa shape index (κ2) is 17.2. The Morgan fingerprint density at radius 3 is 2.42 bits per heavy atom. The third-order valence-corrected chi connectivity index (χ3v) is 7.68. The van der Waals surface area contributed by atoms with Gasteiger partial charge >= 0.3 is 0 Å².